The quantitative estimate of drug-likeness (QED) is 0.874. The molecule has 0 aliphatic carbocycles. The first-order valence-corrected chi connectivity index (χ1v) is 6.23. The van der Waals surface area contributed by atoms with Crippen molar-refractivity contribution in [3.8, 4) is 16.2 Å². The van der Waals surface area contributed by atoms with E-state index >= 15 is 0 Å². The number of primary amides is 1. The molecule has 3 N–H and O–H groups in total. The number of carbonyl (C=O) groups excluding carboxylic acids is 1. The summed E-state index contributed by atoms with van der Waals surface area (Å²) in [6.45, 7) is -0.509. The highest BCUT2D eigenvalue weighted by atomic mass is 32.1. The van der Waals surface area contributed by atoms with Crippen LogP contribution in [0.25, 0.3) is 10.4 Å². The summed E-state index contributed by atoms with van der Waals surface area (Å²) in [6.07, 6.45) is 0. The van der Waals surface area contributed by atoms with E-state index in [9.17, 15) is 9.59 Å². The van der Waals surface area contributed by atoms with Crippen molar-refractivity contribution in [1.29, 1.82) is 0 Å². The number of carboxylic acid groups (broad SMARTS) is 1. The predicted octanol–water partition coefficient (Wildman–Crippen LogP) is 1.98. The Morgan fingerprint density at radius 3 is 2.53 bits per heavy atom. The fourth-order valence-electron chi connectivity index (χ4n) is 1.54. The van der Waals surface area contributed by atoms with Crippen molar-refractivity contribution >= 4 is 23.2 Å². The third-order valence-electron chi connectivity index (χ3n) is 2.33. The van der Waals surface area contributed by atoms with Crippen LogP contribution >= 0.6 is 11.3 Å². The van der Waals surface area contributed by atoms with E-state index in [4.69, 9.17) is 15.6 Å². The van der Waals surface area contributed by atoms with Crippen LogP contribution in [0.2, 0.25) is 0 Å². The summed E-state index contributed by atoms with van der Waals surface area (Å²) in [5.74, 6) is -1.53. The van der Waals surface area contributed by atoms with Crippen molar-refractivity contribution in [3.05, 3.63) is 41.3 Å². The largest absolute Gasteiger partial charge is 0.480 e. The Balaban J connectivity index is 2.35. The second-order valence-electron chi connectivity index (χ2n) is 3.72. The van der Waals surface area contributed by atoms with Crippen LogP contribution in [0, 0.1) is 0 Å². The number of carbonyl (C=O) groups is 2. The molecule has 6 heteroatoms. The number of nitrogens with two attached hydrogens (primary N) is 1. The molecule has 1 heterocycles. The van der Waals surface area contributed by atoms with Crippen LogP contribution in [0.5, 0.6) is 5.75 Å². The predicted molar refractivity (Wildman–Crippen MR) is 71.4 cm³/mol. The molecule has 0 aliphatic heterocycles. The smallest absolute Gasteiger partial charge is 0.341 e. The first kappa shape index (κ1) is 13.1. The zero-order chi connectivity index (χ0) is 13.8. The molecule has 0 bridgehead atoms. The standard InChI is InChI=1S/C13H11NO4S/c14-13(17)12-9(18-7-11(15)16)6-10(19-12)8-4-2-1-3-5-8/h1-6H,7H2,(H2,14,17)(H,15,16). The molecule has 1 aromatic heterocycles. The molecule has 1 amide bonds. The van der Waals surface area contributed by atoms with Gasteiger partial charge in [-0.3, -0.25) is 4.79 Å². The van der Waals surface area contributed by atoms with Crippen LogP contribution in [0.4, 0.5) is 0 Å². The minimum absolute atomic E-state index is 0.207. The molecule has 0 radical (unpaired) electrons. The van der Waals surface area contributed by atoms with Gasteiger partial charge in [-0.2, -0.15) is 0 Å². The Labute approximate surface area is 113 Å². The number of aliphatic carboxylic acids is 1. The third kappa shape index (κ3) is 3.11. The number of amides is 1. The lowest BCUT2D eigenvalue weighted by molar-refractivity contribution is -0.139. The number of benzene rings is 1. The van der Waals surface area contributed by atoms with Crippen LogP contribution in [0.3, 0.4) is 0 Å². The molecule has 0 saturated heterocycles. The van der Waals surface area contributed by atoms with Crippen LogP contribution in [-0.2, 0) is 4.79 Å². The van der Waals surface area contributed by atoms with Crippen LogP contribution in [0.15, 0.2) is 36.4 Å². The van der Waals surface area contributed by atoms with Crippen molar-refractivity contribution in [3.63, 3.8) is 0 Å². The fraction of sp³-hybridized carbons (Fsp3) is 0.0769. The van der Waals surface area contributed by atoms with Gasteiger partial charge in [-0.15, -0.1) is 11.3 Å². The van der Waals surface area contributed by atoms with Crippen LogP contribution in [-0.4, -0.2) is 23.6 Å². The van der Waals surface area contributed by atoms with E-state index in [0.717, 1.165) is 10.4 Å². The molecule has 0 atom stereocenters. The Hall–Kier alpha value is -2.34. The normalized spacial score (nSPS) is 10.1. The maximum Gasteiger partial charge on any atom is 0.341 e. The maximum absolute atomic E-state index is 11.3. The molecule has 2 aromatic rings. The minimum Gasteiger partial charge on any atom is -0.480 e. The number of thiophene rings is 1. The van der Waals surface area contributed by atoms with Gasteiger partial charge in [0.05, 0.1) is 0 Å². The number of hydrogen-bond acceptors (Lipinski definition) is 4. The highest BCUT2D eigenvalue weighted by molar-refractivity contribution is 7.17. The van der Waals surface area contributed by atoms with Gasteiger partial charge in [-0.25, -0.2) is 4.79 Å². The summed E-state index contributed by atoms with van der Waals surface area (Å²) >= 11 is 1.18. The molecule has 0 aliphatic rings. The van der Waals surface area contributed by atoms with Crippen molar-refractivity contribution < 1.29 is 19.4 Å². The second kappa shape index (κ2) is 5.53. The lowest BCUT2D eigenvalue weighted by Crippen LogP contribution is -2.14. The van der Waals surface area contributed by atoms with Gasteiger partial charge in [0.25, 0.3) is 5.91 Å². The summed E-state index contributed by atoms with van der Waals surface area (Å²) in [5.41, 5.74) is 6.17. The van der Waals surface area contributed by atoms with Gasteiger partial charge in [0.15, 0.2) is 6.61 Å². The SMILES string of the molecule is NC(=O)c1sc(-c2ccccc2)cc1OCC(=O)O. The van der Waals surface area contributed by atoms with E-state index in [1.54, 1.807) is 6.07 Å². The fourth-order valence-corrected chi connectivity index (χ4v) is 2.50. The van der Waals surface area contributed by atoms with E-state index in [1.807, 2.05) is 30.3 Å². The van der Waals surface area contributed by atoms with Gasteiger partial charge in [-0.05, 0) is 11.6 Å². The molecule has 5 nitrogen and oxygen atoms in total. The average molecular weight is 277 g/mol. The zero-order valence-corrected chi connectivity index (χ0v) is 10.6. The highest BCUT2D eigenvalue weighted by Gasteiger charge is 2.16. The monoisotopic (exact) mass is 277 g/mol. The molecule has 0 spiro atoms. The maximum atomic E-state index is 11.3. The summed E-state index contributed by atoms with van der Waals surface area (Å²) in [7, 11) is 0. The first-order valence-electron chi connectivity index (χ1n) is 5.41. The molecule has 98 valence electrons. The van der Waals surface area contributed by atoms with Crippen molar-refractivity contribution in [1.82, 2.24) is 0 Å². The van der Waals surface area contributed by atoms with Crippen LogP contribution in [0.1, 0.15) is 9.67 Å². The van der Waals surface area contributed by atoms with Crippen molar-refractivity contribution in [2.45, 2.75) is 0 Å². The van der Waals surface area contributed by atoms with Gasteiger partial charge >= 0.3 is 5.97 Å². The molecule has 0 saturated carbocycles. The van der Waals surface area contributed by atoms with Crippen LogP contribution < -0.4 is 10.5 Å². The number of ether oxygens (including phenoxy) is 1. The molecular formula is C13H11NO4S. The Bertz CT molecular complexity index is 606. The average Bonchev–Trinajstić information content (AvgIpc) is 2.81. The van der Waals surface area contributed by atoms with E-state index in [-0.39, 0.29) is 10.6 Å². The summed E-state index contributed by atoms with van der Waals surface area (Å²) in [6, 6.07) is 11.0. The van der Waals surface area contributed by atoms with E-state index in [1.165, 1.54) is 11.3 Å². The Kier molecular flexibility index (Phi) is 3.82. The summed E-state index contributed by atoms with van der Waals surface area (Å²) in [4.78, 5) is 22.8. The van der Waals surface area contributed by atoms with Gasteiger partial charge in [-0.1, -0.05) is 30.3 Å². The molecule has 0 unspecified atom stereocenters. The van der Waals surface area contributed by atoms with Gasteiger partial charge in [0.1, 0.15) is 10.6 Å². The number of rotatable bonds is 5. The number of hydrogen-bond donors (Lipinski definition) is 2. The van der Waals surface area contributed by atoms with Crippen molar-refractivity contribution in [2.75, 3.05) is 6.61 Å². The summed E-state index contributed by atoms with van der Waals surface area (Å²) in [5, 5.41) is 8.59. The Morgan fingerprint density at radius 2 is 1.95 bits per heavy atom. The zero-order valence-electron chi connectivity index (χ0n) is 9.83. The topological polar surface area (TPSA) is 89.6 Å². The second-order valence-corrected chi connectivity index (χ2v) is 4.77. The van der Waals surface area contributed by atoms with Gasteiger partial charge in [0.2, 0.25) is 0 Å². The van der Waals surface area contributed by atoms with Crippen molar-refractivity contribution in [2.24, 2.45) is 5.73 Å². The number of carboxylic acids is 1. The molecule has 0 fully saturated rings. The molecule has 2 rings (SSSR count). The lowest BCUT2D eigenvalue weighted by atomic mass is 10.2. The molecule has 19 heavy (non-hydrogen) atoms. The van der Waals surface area contributed by atoms with Gasteiger partial charge in [0, 0.05) is 4.88 Å². The minimum atomic E-state index is -1.11. The lowest BCUT2D eigenvalue weighted by Gasteiger charge is -2.01. The van der Waals surface area contributed by atoms with E-state index < -0.39 is 18.5 Å². The van der Waals surface area contributed by atoms with Gasteiger partial charge < -0.3 is 15.6 Å². The molecule has 1 aromatic carbocycles. The third-order valence-corrected chi connectivity index (χ3v) is 3.51. The highest BCUT2D eigenvalue weighted by Crippen LogP contribution is 2.35. The Morgan fingerprint density at radius 1 is 1.26 bits per heavy atom. The summed E-state index contributed by atoms with van der Waals surface area (Å²) < 4.78 is 5.07. The van der Waals surface area contributed by atoms with E-state index in [0.29, 0.717) is 0 Å². The van der Waals surface area contributed by atoms with E-state index in [2.05, 4.69) is 0 Å². The first-order chi connectivity index (χ1) is 9.08. The molecular weight excluding hydrogens is 266 g/mol.